The number of hydrogen-bond donors (Lipinski definition) is 2. The molecule has 0 spiro atoms. The Morgan fingerprint density at radius 3 is 2.75 bits per heavy atom. The zero-order chi connectivity index (χ0) is 14.9. The van der Waals surface area contributed by atoms with E-state index in [1.807, 2.05) is 43.5 Å². The van der Waals surface area contributed by atoms with Crippen molar-refractivity contribution >= 4 is 29.2 Å². The van der Waals surface area contributed by atoms with Gasteiger partial charge in [0.25, 0.3) is 0 Å². The van der Waals surface area contributed by atoms with Gasteiger partial charge in [0, 0.05) is 12.5 Å². The molecule has 20 heavy (non-hydrogen) atoms. The van der Waals surface area contributed by atoms with Crippen LogP contribution in [0.3, 0.4) is 0 Å². The summed E-state index contributed by atoms with van der Waals surface area (Å²) < 4.78 is 8.24. The fraction of sp³-hybridized carbons (Fsp3) is 0.429. The molecule has 0 aliphatic carbocycles. The molecule has 6 heteroatoms. The SMILES string of the molecule is CC(C)Oc1cccc2c1[nH]c(=S)n2C(C)CC(N)=O. The van der Waals surface area contributed by atoms with E-state index in [2.05, 4.69) is 4.98 Å². The topological polar surface area (TPSA) is 73.0 Å². The van der Waals surface area contributed by atoms with Gasteiger partial charge in [-0.1, -0.05) is 6.07 Å². The lowest BCUT2D eigenvalue weighted by molar-refractivity contribution is -0.118. The van der Waals surface area contributed by atoms with Crippen LogP contribution in [0.15, 0.2) is 18.2 Å². The first-order valence-electron chi connectivity index (χ1n) is 6.58. The van der Waals surface area contributed by atoms with E-state index in [4.69, 9.17) is 22.7 Å². The Bertz CT molecular complexity index is 687. The van der Waals surface area contributed by atoms with E-state index in [1.165, 1.54) is 0 Å². The molecule has 108 valence electrons. The van der Waals surface area contributed by atoms with Crippen LogP contribution >= 0.6 is 12.2 Å². The molecule has 0 saturated carbocycles. The number of imidazole rings is 1. The number of nitrogens with one attached hydrogen (secondary N) is 1. The standard InChI is InChI=1S/C14H19N3O2S/c1-8(2)19-11-6-4-5-10-13(11)16-14(20)17(10)9(3)7-12(15)18/h4-6,8-9H,7H2,1-3H3,(H2,15,18)(H,16,20). The summed E-state index contributed by atoms with van der Waals surface area (Å²) in [6.45, 7) is 5.87. The second-order valence-electron chi connectivity index (χ2n) is 5.14. The number of aromatic amines is 1. The predicted molar refractivity (Wildman–Crippen MR) is 81.4 cm³/mol. The molecule has 1 atom stereocenters. The van der Waals surface area contributed by atoms with Gasteiger partial charge in [-0.2, -0.15) is 0 Å². The number of aromatic nitrogens is 2. The van der Waals surface area contributed by atoms with E-state index in [0.717, 1.165) is 16.8 Å². The van der Waals surface area contributed by atoms with Gasteiger partial charge in [0.15, 0.2) is 4.77 Å². The number of carbonyl (C=O) groups excluding carboxylic acids is 1. The molecule has 0 aliphatic heterocycles. The van der Waals surface area contributed by atoms with E-state index in [9.17, 15) is 4.79 Å². The van der Waals surface area contributed by atoms with Crippen molar-refractivity contribution < 1.29 is 9.53 Å². The highest BCUT2D eigenvalue weighted by atomic mass is 32.1. The van der Waals surface area contributed by atoms with Gasteiger partial charge >= 0.3 is 0 Å². The van der Waals surface area contributed by atoms with Crippen LogP contribution in [0.1, 0.15) is 33.2 Å². The Labute approximate surface area is 122 Å². The molecule has 0 bridgehead atoms. The number of ether oxygens (including phenoxy) is 1. The van der Waals surface area contributed by atoms with Crippen LogP contribution in [0.4, 0.5) is 0 Å². The van der Waals surface area contributed by atoms with Gasteiger partial charge in [0.05, 0.1) is 11.6 Å². The fourth-order valence-corrected chi connectivity index (χ4v) is 2.68. The number of rotatable bonds is 5. The number of nitrogens with two attached hydrogens (primary N) is 1. The van der Waals surface area contributed by atoms with Gasteiger partial charge < -0.3 is 20.0 Å². The molecule has 1 heterocycles. The molecule has 0 aliphatic rings. The highest BCUT2D eigenvalue weighted by Crippen LogP contribution is 2.28. The van der Waals surface area contributed by atoms with Gasteiger partial charge in [-0.25, -0.2) is 0 Å². The lowest BCUT2D eigenvalue weighted by atomic mass is 10.2. The van der Waals surface area contributed by atoms with Gasteiger partial charge in [0.2, 0.25) is 5.91 Å². The third-order valence-electron chi connectivity index (χ3n) is 3.01. The lowest BCUT2D eigenvalue weighted by Gasteiger charge is -2.14. The molecular formula is C14H19N3O2S. The quantitative estimate of drug-likeness (QED) is 0.832. The number of hydrogen-bond acceptors (Lipinski definition) is 3. The number of carbonyl (C=O) groups is 1. The van der Waals surface area contributed by atoms with E-state index in [1.54, 1.807) is 0 Å². The maximum atomic E-state index is 11.1. The fourth-order valence-electron chi connectivity index (χ4n) is 2.29. The first kappa shape index (κ1) is 14.6. The third kappa shape index (κ3) is 2.85. The van der Waals surface area contributed by atoms with E-state index in [-0.39, 0.29) is 24.5 Å². The van der Waals surface area contributed by atoms with Crippen LogP contribution in [-0.4, -0.2) is 21.6 Å². The number of nitrogens with zero attached hydrogens (tertiary/aromatic N) is 1. The Morgan fingerprint density at radius 1 is 1.45 bits per heavy atom. The Hall–Kier alpha value is -1.82. The number of fused-ring (bicyclic) bond motifs is 1. The van der Waals surface area contributed by atoms with Gasteiger partial charge in [0.1, 0.15) is 11.3 Å². The number of primary amides is 1. The minimum Gasteiger partial charge on any atom is -0.489 e. The lowest BCUT2D eigenvalue weighted by Crippen LogP contribution is -2.17. The smallest absolute Gasteiger partial charge is 0.219 e. The molecule has 1 unspecified atom stereocenters. The molecule has 3 N–H and O–H groups in total. The average molecular weight is 293 g/mol. The van der Waals surface area contributed by atoms with Gasteiger partial charge in [-0.15, -0.1) is 0 Å². The molecule has 0 fully saturated rings. The van der Waals surface area contributed by atoms with E-state index in [0.29, 0.717) is 4.77 Å². The van der Waals surface area contributed by atoms with Crippen LogP contribution in [-0.2, 0) is 4.79 Å². The summed E-state index contributed by atoms with van der Waals surface area (Å²) in [7, 11) is 0. The molecule has 1 aromatic heterocycles. The molecule has 1 aromatic carbocycles. The summed E-state index contributed by atoms with van der Waals surface area (Å²) >= 11 is 5.35. The molecule has 2 aromatic rings. The Kier molecular flexibility index (Phi) is 4.13. The normalized spacial score (nSPS) is 12.8. The van der Waals surface area contributed by atoms with E-state index < -0.39 is 0 Å². The van der Waals surface area contributed by atoms with Crippen molar-refractivity contribution in [2.75, 3.05) is 0 Å². The maximum Gasteiger partial charge on any atom is 0.219 e. The number of H-pyrrole nitrogens is 1. The van der Waals surface area contributed by atoms with Crippen molar-refractivity contribution in [1.29, 1.82) is 0 Å². The zero-order valence-electron chi connectivity index (χ0n) is 11.8. The van der Waals surface area contributed by atoms with Crippen molar-refractivity contribution in [3.05, 3.63) is 23.0 Å². The number of benzene rings is 1. The largest absolute Gasteiger partial charge is 0.489 e. The molecule has 0 saturated heterocycles. The van der Waals surface area contributed by atoms with Crippen molar-refractivity contribution in [2.24, 2.45) is 5.73 Å². The molecule has 5 nitrogen and oxygen atoms in total. The highest BCUT2D eigenvalue weighted by Gasteiger charge is 2.15. The number of para-hydroxylation sites is 1. The summed E-state index contributed by atoms with van der Waals surface area (Å²) in [5.74, 6) is 0.414. The zero-order valence-corrected chi connectivity index (χ0v) is 12.7. The van der Waals surface area contributed by atoms with Crippen molar-refractivity contribution in [3.8, 4) is 5.75 Å². The van der Waals surface area contributed by atoms with Crippen molar-refractivity contribution in [3.63, 3.8) is 0 Å². The summed E-state index contributed by atoms with van der Waals surface area (Å²) in [5.41, 5.74) is 7.04. The Balaban J connectivity index is 2.54. The second-order valence-corrected chi connectivity index (χ2v) is 5.52. The predicted octanol–water partition coefficient (Wildman–Crippen LogP) is 2.92. The van der Waals surface area contributed by atoms with Crippen LogP contribution in [0.5, 0.6) is 5.75 Å². The minimum absolute atomic E-state index is 0.0777. The van der Waals surface area contributed by atoms with Crippen molar-refractivity contribution in [1.82, 2.24) is 9.55 Å². The minimum atomic E-state index is -0.344. The highest BCUT2D eigenvalue weighted by molar-refractivity contribution is 7.71. The molecule has 0 radical (unpaired) electrons. The summed E-state index contributed by atoms with van der Waals surface area (Å²) in [5, 5.41) is 0. The average Bonchev–Trinajstić information content (AvgIpc) is 2.64. The Morgan fingerprint density at radius 2 is 2.15 bits per heavy atom. The molecular weight excluding hydrogens is 274 g/mol. The summed E-state index contributed by atoms with van der Waals surface area (Å²) in [6.07, 6.45) is 0.324. The van der Waals surface area contributed by atoms with Crippen LogP contribution in [0, 0.1) is 4.77 Å². The van der Waals surface area contributed by atoms with Gasteiger partial charge in [-0.3, -0.25) is 4.79 Å². The monoisotopic (exact) mass is 293 g/mol. The first-order chi connectivity index (χ1) is 9.40. The number of amides is 1. The second kappa shape index (κ2) is 5.66. The summed E-state index contributed by atoms with van der Waals surface area (Å²) in [6, 6.07) is 5.67. The summed E-state index contributed by atoms with van der Waals surface area (Å²) in [4.78, 5) is 14.3. The molecule has 2 rings (SSSR count). The van der Waals surface area contributed by atoms with Crippen LogP contribution < -0.4 is 10.5 Å². The van der Waals surface area contributed by atoms with Crippen LogP contribution in [0.2, 0.25) is 0 Å². The maximum absolute atomic E-state index is 11.1. The van der Waals surface area contributed by atoms with Crippen LogP contribution in [0.25, 0.3) is 11.0 Å². The first-order valence-corrected chi connectivity index (χ1v) is 6.99. The van der Waals surface area contributed by atoms with Gasteiger partial charge in [-0.05, 0) is 45.1 Å². The molecule has 1 amide bonds. The van der Waals surface area contributed by atoms with Crippen molar-refractivity contribution in [2.45, 2.75) is 39.3 Å². The third-order valence-corrected chi connectivity index (χ3v) is 3.31. The van der Waals surface area contributed by atoms with E-state index >= 15 is 0 Å².